The fourth-order valence-corrected chi connectivity index (χ4v) is 3.34. The highest BCUT2D eigenvalue weighted by atomic mass is 14.3. The molecule has 0 bridgehead atoms. The van der Waals surface area contributed by atoms with Crippen LogP contribution in [-0.2, 0) is 0 Å². The normalized spacial score (nSPS) is 21.2. The lowest BCUT2D eigenvalue weighted by molar-refractivity contribution is 0.886. The van der Waals surface area contributed by atoms with Crippen molar-refractivity contribution < 1.29 is 0 Å². The van der Waals surface area contributed by atoms with E-state index in [1.165, 1.54) is 48.0 Å². The van der Waals surface area contributed by atoms with Gasteiger partial charge >= 0.3 is 0 Å². The molecular formula is C18H16. The van der Waals surface area contributed by atoms with Crippen molar-refractivity contribution >= 4 is 5.57 Å². The summed E-state index contributed by atoms with van der Waals surface area (Å²) in [5.74, 6) is 0. The van der Waals surface area contributed by atoms with Gasteiger partial charge in [-0.15, -0.1) is 0 Å². The molecule has 0 radical (unpaired) electrons. The summed E-state index contributed by atoms with van der Waals surface area (Å²) >= 11 is 0. The maximum absolute atomic E-state index is 2.45. The lowest BCUT2D eigenvalue weighted by Gasteiger charge is -2.18. The molecule has 0 saturated heterocycles. The third kappa shape index (κ3) is 1.45. The summed E-state index contributed by atoms with van der Waals surface area (Å²) in [6, 6.07) is 10.7. The predicted molar refractivity (Wildman–Crippen MR) is 76.1 cm³/mol. The molecule has 0 heteroatoms. The summed E-state index contributed by atoms with van der Waals surface area (Å²) in [7, 11) is 0. The highest BCUT2D eigenvalue weighted by Gasteiger charge is 2.25. The van der Waals surface area contributed by atoms with E-state index in [1.54, 1.807) is 11.1 Å². The van der Waals surface area contributed by atoms with Gasteiger partial charge in [0.15, 0.2) is 0 Å². The lowest BCUT2D eigenvalue weighted by atomic mass is 9.86. The van der Waals surface area contributed by atoms with Crippen LogP contribution in [0.25, 0.3) is 5.57 Å². The molecule has 3 aliphatic carbocycles. The zero-order chi connectivity index (χ0) is 11.9. The summed E-state index contributed by atoms with van der Waals surface area (Å²) in [5.41, 5.74) is 9.05. The van der Waals surface area contributed by atoms with Crippen LogP contribution in [-0.4, -0.2) is 0 Å². The molecule has 0 spiro atoms. The second-order valence-electron chi connectivity index (χ2n) is 5.36. The van der Waals surface area contributed by atoms with Crippen LogP contribution in [0.15, 0.2) is 70.9 Å². The van der Waals surface area contributed by atoms with Crippen LogP contribution in [0.5, 0.6) is 0 Å². The highest BCUT2D eigenvalue weighted by Crippen LogP contribution is 2.45. The minimum Gasteiger partial charge on any atom is -0.0626 e. The van der Waals surface area contributed by atoms with Crippen LogP contribution in [0.4, 0.5) is 0 Å². The molecule has 0 aromatic heterocycles. The molecule has 1 aromatic rings. The first-order valence-corrected chi connectivity index (χ1v) is 6.81. The van der Waals surface area contributed by atoms with Gasteiger partial charge in [0.25, 0.3) is 0 Å². The van der Waals surface area contributed by atoms with E-state index in [4.69, 9.17) is 0 Å². The Morgan fingerprint density at radius 3 is 2.61 bits per heavy atom. The van der Waals surface area contributed by atoms with Gasteiger partial charge in [-0.1, -0.05) is 54.1 Å². The summed E-state index contributed by atoms with van der Waals surface area (Å²) in [6.07, 6.45) is 12.2. The molecule has 0 amide bonds. The van der Waals surface area contributed by atoms with Crippen LogP contribution in [0.3, 0.4) is 0 Å². The molecule has 0 atom stereocenters. The number of hydrogen-bond acceptors (Lipinski definition) is 0. The van der Waals surface area contributed by atoms with Gasteiger partial charge in [0.2, 0.25) is 0 Å². The minimum absolute atomic E-state index is 1.19. The smallest absolute Gasteiger partial charge is 0.00551 e. The van der Waals surface area contributed by atoms with Crippen molar-refractivity contribution in [3.05, 3.63) is 76.4 Å². The monoisotopic (exact) mass is 232 g/mol. The quantitative estimate of drug-likeness (QED) is 0.651. The Balaban J connectivity index is 1.78. The lowest BCUT2D eigenvalue weighted by Crippen LogP contribution is -1.98. The Hall–Kier alpha value is -1.82. The molecule has 0 heterocycles. The minimum atomic E-state index is 1.19. The van der Waals surface area contributed by atoms with Crippen molar-refractivity contribution in [1.29, 1.82) is 0 Å². The molecule has 0 saturated carbocycles. The van der Waals surface area contributed by atoms with Gasteiger partial charge in [0.05, 0.1) is 0 Å². The molecule has 3 aliphatic rings. The Morgan fingerprint density at radius 1 is 0.833 bits per heavy atom. The van der Waals surface area contributed by atoms with Crippen LogP contribution in [0.2, 0.25) is 0 Å². The van der Waals surface area contributed by atoms with E-state index >= 15 is 0 Å². The van der Waals surface area contributed by atoms with Crippen LogP contribution in [0.1, 0.15) is 31.2 Å². The average molecular weight is 232 g/mol. The maximum atomic E-state index is 2.45. The van der Waals surface area contributed by atoms with Crippen LogP contribution < -0.4 is 0 Å². The first kappa shape index (κ1) is 10.1. The average Bonchev–Trinajstić information content (AvgIpc) is 3.02. The number of benzene rings is 1. The van der Waals surface area contributed by atoms with E-state index in [9.17, 15) is 0 Å². The molecule has 0 fully saturated rings. The molecule has 0 N–H and O–H groups in total. The van der Waals surface area contributed by atoms with Crippen molar-refractivity contribution in [3.63, 3.8) is 0 Å². The zero-order valence-electron chi connectivity index (χ0n) is 10.4. The Bertz CT molecular complexity index is 621. The van der Waals surface area contributed by atoms with Gasteiger partial charge in [-0.2, -0.15) is 0 Å². The van der Waals surface area contributed by atoms with Gasteiger partial charge in [-0.25, -0.2) is 0 Å². The number of hydrogen-bond donors (Lipinski definition) is 0. The van der Waals surface area contributed by atoms with Crippen molar-refractivity contribution in [3.8, 4) is 0 Å². The second kappa shape index (κ2) is 3.84. The molecule has 0 unspecified atom stereocenters. The molecule has 4 rings (SSSR count). The Kier molecular flexibility index (Phi) is 2.16. The summed E-state index contributed by atoms with van der Waals surface area (Å²) in [4.78, 5) is 0. The topological polar surface area (TPSA) is 0 Å². The van der Waals surface area contributed by atoms with Crippen molar-refractivity contribution in [2.75, 3.05) is 0 Å². The van der Waals surface area contributed by atoms with E-state index in [0.29, 0.717) is 0 Å². The highest BCUT2D eigenvalue weighted by molar-refractivity contribution is 5.89. The van der Waals surface area contributed by atoms with Crippen LogP contribution in [0, 0.1) is 0 Å². The fourth-order valence-electron chi connectivity index (χ4n) is 3.34. The van der Waals surface area contributed by atoms with Gasteiger partial charge in [-0.05, 0) is 53.5 Å². The third-order valence-corrected chi connectivity index (χ3v) is 4.27. The van der Waals surface area contributed by atoms with Crippen molar-refractivity contribution in [1.82, 2.24) is 0 Å². The molecule has 1 aromatic carbocycles. The first-order valence-electron chi connectivity index (χ1n) is 6.81. The molecule has 88 valence electrons. The van der Waals surface area contributed by atoms with E-state index in [1.807, 2.05) is 0 Å². The molecular weight excluding hydrogens is 216 g/mol. The van der Waals surface area contributed by atoms with E-state index in [2.05, 4.69) is 48.6 Å². The second-order valence-corrected chi connectivity index (χ2v) is 5.36. The number of allylic oxidation sites excluding steroid dienone is 8. The first-order chi connectivity index (χ1) is 8.92. The van der Waals surface area contributed by atoms with E-state index in [-0.39, 0.29) is 0 Å². The molecule has 0 nitrogen and oxygen atoms in total. The van der Waals surface area contributed by atoms with Gasteiger partial charge in [0, 0.05) is 0 Å². The standard InChI is InChI=1S/C18H16/c1-2-5-13(6-3-1)17-10-9-16-11-14-7-4-8-15(14)12-18(16)17/h1-3,5-6,9-10,12H,4,7-8,11H2. The SMILES string of the molecule is C1=C2CC3=C(C=C2C(c2ccccc2)=C1)CCC3. The van der Waals surface area contributed by atoms with E-state index in [0.717, 1.165) is 0 Å². The summed E-state index contributed by atoms with van der Waals surface area (Å²) < 4.78 is 0. The largest absolute Gasteiger partial charge is 0.0626 e. The Labute approximate surface area is 108 Å². The maximum Gasteiger partial charge on any atom is -0.00551 e. The number of rotatable bonds is 1. The Morgan fingerprint density at radius 2 is 1.72 bits per heavy atom. The van der Waals surface area contributed by atoms with Crippen molar-refractivity contribution in [2.24, 2.45) is 0 Å². The zero-order valence-corrected chi connectivity index (χ0v) is 10.4. The van der Waals surface area contributed by atoms with E-state index < -0.39 is 0 Å². The molecule has 18 heavy (non-hydrogen) atoms. The fraction of sp³-hybridized carbons (Fsp3) is 0.222. The predicted octanol–water partition coefficient (Wildman–Crippen LogP) is 4.82. The van der Waals surface area contributed by atoms with Gasteiger partial charge in [-0.3, -0.25) is 0 Å². The van der Waals surface area contributed by atoms with Gasteiger partial charge < -0.3 is 0 Å². The molecule has 0 aliphatic heterocycles. The van der Waals surface area contributed by atoms with Crippen LogP contribution >= 0.6 is 0 Å². The third-order valence-electron chi connectivity index (χ3n) is 4.27. The van der Waals surface area contributed by atoms with Crippen molar-refractivity contribution in [2.45, 2.75) is 25.7 Å². The summed E-state index contributed by atoms with van der Waals surface area (Å²) in [5, 5.41) is 0. The summed E-state index contributed by atoms with van der Waals surface area (Å²) in [6.45, 7) is 0. The van der Waals surface area contributed by atoms with Gasteiger partial charge in [0.1, 0.15) is 0 Å². The number of fused-ring (bicyclic) bond motifs is 1.